The highest BCUT2D eigenvalue weighted by Gasteiger charge is 2.17. The molecule has 0 aliphatic heterocycles. The largest absolute Gasteiger partial charge is 0.338 e. The summed E-state index contributed by atoms with van der Waals surface area (Å²) >= 11 is 0. The molecule has 0 fully saturated rings. The van der Waals surface area contributed by atoms with E-state index < -0.39 is 10.0 Å². The van der Waals surface area contributed by atoms with Crippen molar-refractivity contribution in [1.82, 2.24) is 10.2 Å². The molecule has 6 nitrogen and oxygen atoms in total. The quantitative estimate of drug-likeness (QED) is 0.832. The molecule has 0 saturated heterocycles. The zero-order valence-electron chi connectivity index (χ0n) is 14.5. The third kappa shape index (κ3) is 4.92. The first-order chi connectivity index (χ1) is 11.2. The Hall–Kier alpha value is -2.15. The fourth-order valence-corrected chi connectivity index (χ4v) is 3.38. The summed E-state index contributed by atoms with van der Waals surface area (Å²) in [6, 6.07) is 11.3. The molecular weight excluding hydrogens is 324 g/mol. The minimum atomic E-state index is -3.36. The van der Waals surface area contributed by atoms with Crippen LogP contribution in [0.2, 0.25) is 0 Å². The minimum absolute atomic E-state index is 0.00719. The van der Waals surface area contributed by atoms with Crippen molar-refractivity contribution in [2.45, 2.75) is 39.5 Å². The van der Waals surface area contributed by atoms with Crippen LogP contribution in [-0.4, -0.2) is 24.4 Å². The number of rotatable bonds is 6. The fraction of sp³-hybridized carbons (Fsp3) is 0.412. The van der Waals surface area contributed by atoms with Crippen LogP contribution in [0.5, 0.6) is 0 Å². The van der Waals surface area contributed by atoms with Crippen molar-refractivity contribution < 1.29 is 8.42 Å². The summed E-state index contributed by atoms with van der Waals surface area (Å²) in [5.41, 5.74) is 2.12. The van der Waals surface area contributed by atoms with Gasteiger partial charge in [-0.2, -0.15) is 0 Å². The van der Waals surface area contributed by atoms with Crippen LogP contribution in [0, 0.1) is 0 Å². The number of anilines is 3. The van der Waals surface area contributed by atoms with Crippen molar-refractivity contribution in [3.05, 3.63) is 42.0 Å². The molecule has 1 aromatic heterocycles. The lowest BCUT2D eigenvalue weighted by atomic mass is 9.86. The molecule has 7 heteroatoms. The first-order valence-corrected chi connectivity index (χ1v) is 9.57. The smallest absolute Gasteiger partial charge is 0.233 e. The van der Waals surface area contributed by atoms with Crippen LogP contribution in [0.4, 0.5) is 17.3 Å². The summed E-state index contributed by atoms with van der Waals surface area (Å²) in [6.07, 6.45) is 0.548. The van der Waals surface area contributed by atoms with E-state index in [0.717, 1.165) is 5.69 Å². The number of sulfonamides is 1. The topological polar surface area (TPSA) is 84.0 Å². The van der Waals surface area contributed by atoms with Crippen LogP contribution in [-0.2, 0) is 15.4 Å². The van der Waals surface area contributed by atoms with Crippen molar-refractivity contribution in [2.24, 2.45) is 0 Å². The second kappa shape index (κ2) is 7.17. The van der Waals surface area contributed by atoms with Crippen molar-refractivity contribution in [3.8, 4) is 0 Å². The predicted octanol–water partition coefficient (Wildman–Crippen LogP) is 3.67. The highest BCUT2D eigenvalue weighted by atomic mass is 32.2. The lowest BCUT2D eigenvalue weighted by molar-refractivity contribution is 0.592. The molecule has 1 heterocycles. The third-order valence-corrected chi connectivity index (χ3v) is 4.86. The number of hydrogen-bond donors (Lipinski definition) is 2. The van der Waals surface area contributed by atoms with Crippen LogP contribution in [0.1, 0.15) is 39.7 Å². The van der Waals surface area contributed by atoms with Gasteiger partial charge >= 0.3 is 0 Å². The van der Waals surface area contributed by atoms with Gasteiger partial charge in [0.2, 0.25) is 10.0 Å². The van der Waals surface area contributed by atoms with Crippen LogP contribution in [0.25, 0.3) is 0 Å². The van der Waals surface area contributed by atoms with E-state index in [4.69, 9.17) is 0 Å². The highest BCUT2D eigenvalue weighted by Crippen LogP contribution is 2.30. The van der Waals surface area contributed by atoms with Gasteiger partial charge in [0, 0.05) is 5.69 Å². The summed E-state index contributed by atoms with van der Waals surface area (Å²) in [7, 11) is -3.36. The van der Waals surface area contributed by atoms with E-state index in [2.05, 4.69) is 47.1 Å². The molecule has 0 saturated carbocycles. The highest BCUT2D eigenvalue weighted by molar-refractivity contribution is 7.92. The maximum Gasteiger partial charge on any atom is 0.233 e. The number of nitrogens with zero attached hydrogens (tertiary/aromatic N) is 2. The van der Waals surface area contributed by atoms with E-state index in [1.165, 1.54) is 5.56 Å². The maximum atomic E-state index is 11.7. The van der Waals surface area contributed by atoms with Gasteiger partial charge in [-0.25, -0.2) is 8.42 Å². The van der Waals surface area contributed by atoms with Gasteiger partial charge in [-0.15, -0.1) is 10.2 Å². The first-order valence-electron chi connectivity index (χ1n) is 7.92. The van der Waals surface area contributed by atoms with Gasteiger partial charge in [0.15, 0.2) is 11.6 Å². The molecule has 2 rings (SSSR count). The Balaban J connectivity index is 2.16. The van der Waals surface area contributed by atoms with Crippen molar-refractivity contribution in [2.75, 3.05) is 15.8 Å². The van der Waals surface area contributed by atoms with Crippen molar-refractivity contribution in [3.63, 3.8) is 0 Å². The molecule has 24 heavy (non-hydrogen) atoms. The van der Waals surface area contributed by atoms with E-state index >= 15 is 0 Å². The average molecular weight is 348 g/mol. The van der Waals surface area contributed by atoms with E-state index in [1.807, 2.05) is 25.1 Å². The molecule has 0 bridgehead atoms. The molecule has 1 aromatic carbocycles. The van der Waals surface area contributed by atoms with Gasteiger partial charge in [0.05, 0.1) is 5.75 Å². The van der Waals surface area contributed by atoms with Gasteiger partial charge in [-0.3, -0.25) is 4.72 Å². The summed E-state index contributed by atoms with van der Waals surface area (Å²) in [6.45, 7) is 8.24. The Morgan fingerprint density at radius 3 is 2.21 bits per heavy atom. The SMILES string of the molecule is CCCS(=O)(=O)Nc1ccc(Nc2ccccc2C(C)(C)C)nn1. The van der Waals surface area contributed by atoms with Gasteiger partial charge in [0.25, 0.3) is 0 Å². The number of benzene rings is 1. The zero-order chi connectivity index (χ0) is 17.8. The second-order valence-electron chi connectivity index (χ2n) is 6.65. The first kappa shape index (κ1) is 18.2. The monoisotopic (exact) mass is 348 g/mol. The molecule has 0 atom stereocenters. The predicted molar refractivity (Wildman–Crippen MR) is 98.2 cm³/mol. The van der Waals surface area contributed by atoms with Gasteiger partial charge in [-0.05, 0) is 35.6 Å². The molecular formula is C17H24N4O2S. The van der Waals surface area contributed by atoms with Gasteiger partial charge < -0.3 is 5.32 Å². The van der Waals surface area contributed by atoms with E-state index in [-0.39, 0.29) is 17.0 Å². The van der Waals surface area contributed by atoms with E-state index in [0.29, 0.717) is 12.2 Å². The summed E-state index contributed by atoms with van der Waals surface area (Å²) < 4.78 is 25.9. The Labute approximate surface area is 143 Å². The minimum Gasteiger partial charge on any atom is -0.338 e. The molecule has 0 spiro atoms. The number of para-hydroxylation sites is 1. The molecule has 0 radical (unpaired) electrons. The molecule has 0 aliphatic carbocycles. The number of aromatic nitrogens is 2. The molecule has 2 N–H and O–H groups in total. The molecule has 2 aromatic rings. The maximum absolute atomic E-state index is 11.7. The molecule has 0 amide bonds. The summed E-state index contributed by atoms with van der Waals surface area (Å²) in [5.74, 6) is 0.844. The Bertz CT molecular complexity index is 781. The van der Waals surface area contributed by atoms with Crippen LogP contribution in [0.3, 0.4) is 0 Å². The van der Waals surface area contributed by atoms with E-state index in [1.54, 1.807) is 12.1 Å². The number of hydrogen-bond acceptors (Lipinski definition) is 5. The third-order valence-electron chi connectivity index (χ3n) is 3.40. The zero-order valence-corrected chi connectivity index (χ0v) is 15.3. The van der Waals surface area contributed by atoms with Crippen LogP contribution in [0.15, 0.2) is 36.4 Å². The van der Waals surface area contributed by atoms with Crippen molar-refractivity contribution in [1.29, 1.82) is 0 Å². The van der Waals surface area contributed by atoms with Gasteiger partial charge in [-0.1, -0.05) is 45.9 Å². The number of nitrogens with one attached hydrogen (secondary N) is 2. The molecule has 0 unspecified atom stereocenters. The van der Waals surface area contributed by atoms with Crippen molar-refractivity contribution >= 4 is 27.3 Å². The lowest BCUT2D eigenvalue weighted by Crippen LogP contribution is -2.17. The summed E-state index contributed by atoms with van der Waals surface area (Å²) in [5, 5.41) is 11.2. The molecule has 130 valence electrons. The Morgan fingerprint density at radius 1 is 1.00 bits per heavy atom. The van der Waals surface area contributed by atoms with Crippen LogP contribution < -0.4 is 10.0 Å². The fourth-order valence-electron chi connectivity index (χ4n) is 2.32. The van der Waals surface area contributed by atoms with Gasteiger partial charge in [0.1, 0.15) is 0 Å². The molecule has 0 aliphatic rings. The Kier molecular flexibility index (Phi) is 5.43. The average Bonchev–Trinajstić information content (AvgIpc) is 2.48. The lowest BCUT2D eigenvalue weighted by Gasteiger charge is -2.23. The normalized spacial score (nSPS) is 12.0. The van der Waals surface area contributed by atoms with Crippen LogP contribution >= 0.6 is 0 Å². The second-order valence-corrected chi connectivity index (χ2v) is 8.49. The standard InChI is InChI=1S/C17H24N4O2S/c1-5-12-24(22,23)21-16-11-10-15(19-20-16)18-14-9-7-6-8-13(14)17(2,3)4/h6-11H,5,12H2,1-4H3,(H,18,19)(H,20,21). The van der Waals surface area contributed by atoms with E-state index in [9.17, 15) is 8.42 Å². The Morgan fingerprint density at radius 2 is 1.62 bits per heavy atom. The summed E-state index contributed by atoms with van der Waals surface area (Å²) in [4.78, 5) is 0.